The lowest BCUT2D eigenvalue weighted by Gasteiger charge is -2.35. The van der Waals surface area contributed by atoms with Crippen LogP contribution in [-0.4, -0.2) is 27.0 Å². The van der Waals surface area contributed by atoms with Crippen molar-refractivity contribution in [3.63, 3.8) is 0 Å². The number of sulfonamides is 1. The van der Waals surface area contributed by atoms with Gasteiger partial charge in [0.15, 0.2) is 6.10 Å². The smallest absolute Gasteiger partial charge is 0.264 e. The molecule has 3 aromatic rings. The summed E-state index contributed by atoms with van der Waals surface area (Å²) in [6, 6.07) is 19.4. The third kappa shape index (κ3) is 4.59. The Morgan fingerprint density at radius 3 is 2.36 bits per heavy atom. The fourth-order valence-electron chi connectivity index (χ4n) is 4.10. The van der Waals surface area contributed by atoms with E-state index >= 15 is 0 Å². The van der Waals surface area contributed by atoms with Gasteiger partial charge in [-0.2, -0.15) is 0 Å². The molecule has 1 aliphatic rings. The maximum atomic E-state index is 13.5. The van der Waals surface area contributed by atoms with E-state index in [0.29, 0.717) is 11.4 Å². The van der Waals surface area contributed by atoms with Crippen LogP contribution in [0.2, 0.25) is 0 Å². The molecule has 172 valence electrons. The zero-order valence-corrected chi connectivity index (χ0v) is 20.0. The van der Waals surface area contributed by atoms with Gasteiger partial charge < -0.3 is 10.1 Å². The Morgan fingerprint density at radius 2 is 1.67 bits per heavy atom. The summed E-state index contributed by atoms with van der Waals surface area (Å²) in [5, 5.41) is 2.99. The van der Waals surface area contributed by atoms with Gasteiger partial charge in [-0.1, -0.05) is 53.6 Å². The highest BCUT2D eigenvalue weighted by Gasteiger charge is 2.37. The van der Waals surface area contributed by atoms with Crippen LogP contribution < -0.4 is 14.4 Å². The van der Waals surface area contributed by atoms with Gasteiger partial charge in [-0.05, 0) is 63.1 Å². The molecule has 1 amide bonds. The van der Waals surface area contributed by atoms with Crippen molar-refractivity contribution in [3.8, 4) is 5.75 Å². The van der Waals surface area contributed by atoms with Crippen LogP contribution in [0.5, 0.6) is 5.75 Å². The van der Waals surface area contributed by atoms with Crippen LogP contribution in [-0.2, 0) is 14.8 Å². The maximum Gasteiger partial charge on any atom is 0.264 e. The molecule has 0 aliphatic carbocycles. The normalized spacial score (nSPS) is 16.5. The van der Waals surface area contributed by atoms with Crippen LogP contribution in [0, 0.1) is 20.8 Å². The summed E-state index contributed by atoms with van der Waals surface area (Å²) in [5.74, 6) is -0.000148. The molecule has 1 heterocycles. The van der Waals surface area contributed by atoms with E-state index in [1.807, 2.05) is 39.8 Å². The van der Waals surface area contributed by atoms with Gasteiger partial charge in [-0.25, -0.2) is 8.42 Å². The number of para-hydroxylation sites is 2. The van der Waals surface area contributed by atoms with E-state index in [0.717, 1.165) is 22.3 Å². The van der Waals surface area contributed by atoms with Crippen molar-refractivity contribution >= 4 is 21.6 Å². The molecular weight excluding hydrogens is 436 g/mol. The molecule has 0 unspecified atom stereocenters. The van der Waals surface area contributed by atoms with Crippen LogP contribution in [0.1, 0.15) is 35.2 Å². The van der Waals surface area contributed by atoms with Gasteiger partial charge in [0.05, 0.1) is 23.2 Å². The molecule has 0 aromatic heterocycles. The average Bonchev–Trinajstić information content (AvgIpc) is 2.78. The monoisotopic (exact) mass is 464 g/mol. The van der Waals surface area contributed by atoms with Gasteiger partial charge in [-0.15, -0.1) is 0 Å². The van der Waals surface area contributed by atoms with Gasteiger partial charge in [0.1, 0.15) is 5.75 Å². The molecule has 6 nitrogen and oxygen atoms in total. The summed E-state index contributed by atoms with van der Waals surface area (Å²) >= 11 is 0. The predicted octanol–water partition coefficient (Wildman–Crippen LogP) is 4.45. The summed E-state index contributed by atoms with van der Waals surface area (Å²) in [7, 11) is -3.88. The molecule has 0 bridgehead atoms. The van der Waals surface area contributed by atoms with Crippen LogP contribution >= 0.6 is 0 Å². The van der Waals surface area contributed by atoms with Crippen molar-refractivity contribution in [1.82, 2.24) is 5.32 Å². The molecular formula is C26H28N2O4S. The van der Waals surface area contributed by atoms with Crippen LogP contribution in [0.25, 0.3) is 0 Å². The average molecular weight is 465 g/mol. The summed E-state index contributed by atoms with van der Waals surface area (Å²) in [6.07, 6.45) is -0.978. The second kappa shape index (κ2) is 8.90. The maximum absolute atomic E-state index is 13.5. The molecule has 33 heavy (non-hydrogen) atoms. The topological polar surface area (TPSA) is 75.7 Å². The van der Waals surface area contributed by atoms with E-state index in [-0.39, 0.29) is 23.4 Å². The van der Waals surface area contributed by atoms with Gasteiger partial charge in [0.2, 0.25) is 0 Å². The first-order valence-electron chi connectivity index (χ1n) is 10.9. The number of anilines is 1. The molecule has 1 aliphatic heterocycles. The van der Waals surface area contributed by atoms with Gasteiger partial charge in [0, 0.05) is 0 Å². The molecule has 0 radical (unpaired) electrons. The first kappa shape index (κ1) is 22.9. The second-order valence-electron chi connectivity index (χ2n) is 8.51. The van der Waals surface area contributed by atoms with E-state index < -0.39 is 16.1 Å². The number of carbonyl (C=O) groups excluding carboxylic acids is 1. The van der Waals surface area contributed by atoms with Crippen molar-refractivity contribution in [2.75, 3.05) is 10.8 Å². The number of nitrogens with one attached hydrogen (secondary N) is 1. The number of ether oxygens (including phenoxy) is 1. The lowest BCUT2D eigenvalue weighted by molar-refractivity contribution is -0.128. The van der Waals surface area contributed by atoms with Crippen molar-refractivity contribution < 1.29 is 17.9 Å². The Bertz CT molecular complexity index is 1290. The summed E-state index contributed by atoms with van der Waals surface area (Å²) in [5.41, 5.74) is 4.63. The fraction of sp³-hybridized carbons (Fsp3) is 0.269. The third-order valence-electron chi connectivity index (χ3n) is 5.89. The summed E-state index contributed by atoms with van der Waals surface area (Å²) in [6.45, 7) is 7.73. The molecule has 0 saturated carbocycles. The Balaban J connectivity index is 1.62. The number of nitrogens with zero attached hydrogens (tertiary/aromatic N) is 1. The van der Waals surface area contributed by atoms with Crippen LogP contribution in [0.4, 0.5) is 5.69 Å². The van der Waals surface area contributed by atoms with Crippen molar-refractivity contribution in [2.24, 2.45) is 0 Å². The highest BCUT2D eigenvalue weighted by atomic mass is 32.2. The Kier molecular flexibility index (Phi) is 6.17. The molecule has 1 N–H and O–H groups in total. The highest BCUT2D eigenvalue weighted by Crippen LogP contribution is 2.37. The van der Waals surface area contributed by atoms with E-state index in [4.69, 9.17) is 4.74 Å². The lowest BCUT2D eigenvalue weighted by atomic mass is 10.00. The molecule has 7 heteroatoms. The molecule has 3 aromatic carbocycles. The Hall–Kier alpha value is -3.32. The van der Waals surface area contributed by atoms with Crippen LogP contribution in [0.15, 0.2) is 71.6 Å². The van der Waals surface area contributed by atoms with E-state index in [9.17, 15) is 13.2 Å². The molecule has 4 rings (SSSR count). The fourth-order valence-corrected chi connectivity index (χ4v) is 5.58. The highest BCUT2D eigenvalue weighted by molar-refractivity contribution is 7.92. The van der Waals surface area contributed by atoms with E-state index in [1.165, 1.54) is 4.31 Å². The van der Waals surface area contributed by atoms with Crippen LogP contribution in [0.3, 0.4) is 0 Å². The SMILES string of the molecule is Cc1ccc(S(=O)(=O)N2C[C@H](C(=O)N[C@@H](C)c3ccc(C)cc3C)Oc3ccccc32)cc1. The molecule has 2 atom stereocenters. The van der Waals surface area contributed by atoms with Gasteiger partial charge in [0.25, 0.3) is 15.9 Å². The van der Waals surface area contributed by atoms with Crippen molar-refractivity contribution in [2.45, 2.75) is 44.7 Å². The standard InChI is InChI=1S/C26H28N2O4S/c1-17-9-12-21(13-10-17)33(30,31)28-16-25(32-24-8-6-5-7-23(24)28)26(29)27-20(4)22-14-11-18(2)15-19(22)3/h5-15,20,25H,16H2,1-4H3,(H,27,29)/t20-,25+/m0/s1. The predicted molar refractivity (Wildman–Crippen MR) is 129 cm³/mol. The first-order chi connectivity index (χ1) is 15.7. The van der Waals surface area contributed by atoms with E-state index in [2.05, 4.69) is 11.4 Å². The largest absolute Gasteiger partial charge is 0.476 e. The number of carbonyl (C=O) groups is 1. The van der Waals surface area contributed by atoms with E-state index in [1.54, 1.807) is 48.5 Å². The number of hydrogen-bond donors (Lipinski definition) is 1. The van der Waals surface area contributed by atoms with Gasteiger partial charge in [-0.3, -0.25) is 9.10 Å². The zero-order valence-electron chi connectivity index (χ0n) is 19.2. The molecule has 0 spiro atoms. The molecule has 0 fully saturated rings. The summed E-state index contributed by atoms with van der Waals surface area (Å²) in [4.78, 5) is 13.3. The quantitative estimate of drug-likeness (QED) is 0.606. The number of hydrogen-bond acceptors (Lipinski definition) is 4. The lowest BCUT2D eigenvalue weighted by Crippen LogP contribution is -2.51. The number of benzene rings is 3. The molecule has 0 saturated heterocycles. The third-order valence-corrected chi connectivity index (χ3v) is 7.68. The summed E-state index contributed by atoms with van der Waals surface area (Å²) < 4.78 is 34.2. The Labute approximate surface area is 195 Å². The minimum atomic E-state index is -3.88. The van der Waals surface area contributed by atoms with Gasteiger partial charge >= 0.3 is 0 Å². The minimum Gasteiger partial charge on any atom is -0.476 e. The minimum absolute atomic E-state index is 0.112. The van der Waals surface area contributed by atoms with Crippen molar-refractivity contribution in [1.29, 1.82) is 0 Å². The number of aryl methyl sites for hydroxylation is 3. The first-order valence-corrected chi connectivity index (χ1v) is 12.3. The number of fused-ring (bicyclic) bond motifs is 1. The Morgan fingerprint density at radius 1 is 1.00 bits per heavy atom. The number of rotatable bonds is 5. The number of amides is 1. The van der Waals surface area contributed by atoms with Crippen molar-refractivity contribution in [3.05, 3.63) is 89.0 Å². The zero-order chi connectivity index (χ0) is 23.8. The second-order valence-corrected chi connectivity index (χ2v) is 10.4.